The standard InChI is InChI=1S/C12H18N4/c13-10-3-4-11(5-10)16-12-14-6-9(7-15-12)8-1-2-8/h6-8,10-11H,1-5,13H2,(H,14,15,16)/t10?,11-/m0/s1. The SMILES string of the molecule is NC1CC[C@H](Nc2ncc(C3CC3)cn2)C1. The second kappa shape index (κ2) is 4.01. The third-order valence-electron chi connectivity index (χ3n) is 3.53. The van der Waals surface area contributed by atoms with Crippen molar-refractivity contribution in [2.45, 2.75) is 50.1 Å². The summed E-state index contributed by atoms with van der Waals surface area (Å²) in [5, 5.41) is 3.36. The van der Waals surface area contributed by atoms with E-state index in [4.69, 9.17) is 5.73 Å². The lowest BCUT2D eigenvalue weighted by molar-refractivity contribution is 0.685. The average Bonchev–Trinajstić information content (AvgIpc) is 3.05. The summed E-state index contributed by atoms with van der Waals surface area (Å²) in [6.45, 7) is 0. The van der Waals surface area contributed by atoms with Gasteiger partial charge >= 0.3 is 0 Å². The Hall–Kier alpha value is -1.16. The number of rotatable bonds is 3. The molecule has 3 N–H and O–H groups in total. The van der Waals surface area contributed by atoms with Crippen LogP contribution in [0.3, 0.4) is 0 Å². The molecule has 1 aromatic rings. The van der Waals surface area contributed by atoms with Gasteiger partial charge in [-0.2, -0.15) is 0 Å². The first-order valence-electron chi connectivity index (χ1n) is 6.15. The zero-order valence-corrected chi connectivity index (χ0v) is 9.39. The van der Waals surface area contributed by atoms with Crippen LogP contribution in [0.4, 0.5) is 5.95 Å². The van der Waals surface area contributed by atoms with Gasteiger partial charge in [-0.1, -0.05) is 0 Å². The first kappa shape index (κ1) is 10.0. The van der Waals surface area contributed by atoms with Crippen LogP contribution < -0.4 is 11.1 Å². The van der Waals surface area contributed by atoms with Crippen LogP contribution >= 0.6 is 0 Å². The Morgan fingerprint density at radius 3 is 2.44 bits per heavy atom. The van der Waals surface area contributed by atoms with Crippen molar-refractivity contribution in [3.63, 3.8) is 0 Å². The molecule has 16 heavy (non-hydrogen) atoms. The van der Waals surface area contributed by atoms with Crippen molar-refractivity contribution in [3.05, 3.63) is 18.0 Å². The number of hydrogen-bond acceptors (Lipinski definition) is 4. The lowest BCUT2D eigenvalue weighted by Gasteiger charge is -2.11. The van der Waals surface area contributed by atoms with E-state index < -0.39 is 0 Å². The molecule has 4 nitrogen and oxygen atoms in total. The topological polar surface area (TPSA) is 63.8 Å². The molecule has 2 aliphatic carbocycles. The monoisotopic (exact) mass is 218 g/mol. The van der Waals surface area contributed by atoms with Crippen LogP contribution in [0.1, 0.15) is 43.6 Å². The lowest BCUT2D eigenvalue weighted by Crippen LogP contribution is -2.21. The predicted octanol–water partition coefficient (Wildman–Crippen LogP) is 1.65. The summed E-state index contributed by atoms with van der Waals surface area (Å²) < 4.78 is 0. The quantitative estimate of drug-likeness (QED) is 0.809. The van der Waals surface area contributed by atoms with Crippen molar-refractivity contribution in [1.82, 2.24) is 9.97 Å². The molecule has 1 heterocycles. The Kier molecular flexibility index (Phi) is 2.52. The van der Waals surface area contributed by atoms with Gasteiger partial charge in [0.1, 0.15) is 0 Å². The van der Waals surface area contributed by atoms with Crippen molar-refractivity contribution < 1.29 is 0 Å². The summed E-state index contributed by atoms with van der Waals surface area (Å²) in [4.78, 5) is 8.73. The average molecular weight is 218 g/mol. The summed E-state index contributed by atoms with van der Waals surface area (Å²) in [6, 6.07) is 0.810. The van der Waals surface area contributed by atoms with Crippen molar-refractivity contribution in [2.75, 3.05) is 5.32 Å². The van der Waals surface area contributed by atoms with Gasteiger partial charge in [-0.05, 0) is 43.6 Å². The number of hydrogen-bond donors (Lipinski definition) is 2. The molecule has 2 fully saturated rings. The molecule has 0 amide bonds. The second-order valence-corrected chi connectivity index (χ2v) is 5.03. The van der Waals surface area contributed by atoms with E-state index >= 15 is 0 Å². The molecule has 86 valence electrons. The van der Waals surface area contributed by atoms with Gasteiger partial charge in [0.15, 0.2) is 0 Å². The molecule has 0 radical (unpaired) electrons. The van der Waals surface area contributed by atoms with Crippen LogP contribution in [0.15, 0.2) is 12.4 Å². The predicted molar refractivity (Wildman–Crippen MR) is 63.2 cm³/mol. The number of nitrogens with two attached hydrogens (primary N) is 1. The van der Waals surface area contributed by atoms with Crippen LogP contribution in [-0.4, -0.2) is 22.1 Å². The maximum atomic E-state index is 5.87. The molecular formula is C12H18N4. The van der Waals surface area contributed by atoms with Crippen LogP contribution in [-0.2, 0) is 0 Å². The van der Waals surface area contributed by atoms with E-state index in [9.17, 15) is 0 Å². The minimum Gasteiger partial charge on any atom is -0.351 e. The van der Waals surface area contributed by atoms with Crippen LogP contribution in [0.2, 0.25) is 0 Å². The number of nitrogens with one attached hydrogen (secondary N) is 1. The molecular weight excluding hydrogens is 200 g/mol. The molecule has 0 aromatic carbocycles. The smallest absolute Gasteiger partial charge is 0.222 e. The summed E-state index contributed by atoms with van der Waals surface area (Å²) in [7, 11) is 0. The fraction of sp³-hybridized carbons (Fsp3) is 0.667. The molecule has 2 aliphatic rings. The van der Waals surface area contributed by atoms with E-state index in [0.717, 1.165) is 31.1 Å². The molecule has 0 bridgehead atoms. The van der Waals surface area contributed by atoms with Crippen molar-refractivity contribution >= 4 is 5.95 Å². The summed E-state index contributed by atoms with van der Waals surface area (Å²) >= 11 is 0. The zero-order chi connectivity index (χ0) is 11.0. The van der Waals surface area contributed by atoms with Gasteiger partial charge in [-0.3, -0.25) is 0 Å². The van der Waals surface area contributed by atoms with Crippen LogP contribution in [0.5, 0.6) is 0 Å². The Balaban J connectivity index is 1.61. The first-order chi connectivity index (χ1) is 7.81. The van der Waals surface area contributed by atoms with Gasteiger partial charge in [0.2, 0.25) is 5.95 Å². The minimum atomic E-state index is 0.350. The van der Waals surface area contributed by atoms with Gasteiger partial charge in [-0.25, -0.2) is 9.97 Å². The summed E-state index contributed by atoms with van der Waals surface area (Å²) in [6.07, 6.45) is 9.80. The van der Waals surface area contributed by atoms with E-state index in [1.54, 1.807) is 0 Å². The van der Waals surface area contributed by atoms with E-state index in [1.165, 1.54) is 18.4 Å². The van der Waals surface area contributed by atoms with Gasteiger partial charge in [-0.15, -0.1) is 0 Å². The second-order valence-electron chi connectivity index (χ2n) is 5.03. The molecule has 0 spiro atoms. The highest BCUT2D eigenvalue weighted by molar-refractivity contribution is 5.29. The van der Waals surface area contributed by atoms with E-state index in [-0.39, 0.29) is 0 Å². The van der Waals surface area contributed by atoms with Crippen molar-refractivity contribution in [1.29, 1.82) is 0 Å². The van der Waals surface area contributed by atoms with Gasteiger partial charge < -0.3 is 11.1 Å². The van der Waals surface area contributed by atoms with E-state index in [0.29, 0.717) is 12.1 Å². The van der Waals surface area contributed by atoms with Crippen LogP contribution in [0, 0.1) is 0 Å². The first-order valence-corrected chi connectivity index (χ1v) is 6.15. The molecule has 0 saturated heterocycles. The molecule has 1 aromatic heterocycles. The Bertz CT molecular complexity index is 358. The van der Waals surface area contributed by atoms with Crippen LogP contribution in [0.25, 0.3) is 0 Å². The van der Waals surface area contributed by atoms with Gasteiger partial charge in [0.25, 0.3) is 0 Å². The maximum absolute atomic E-state index is 5.87. The Morgan fingerprint density at radius 2 is 1.88 bits per heavy atom. The third kappa shape index (κ3) is 2.16. The highest BCUT2D eigenvalue weighted by Gasteiger charge is 2.25. The largest absolute Gasteiger partial charge is 0.351 e. The number of aromatic nitrogens is 2. The maximum Gasteiger partial charge on any atom is 0.222 e. The molecule has 3 rings (SSSR count). The van der Waals surface area contributed by atoms with E-state index in [2.05, 4.69) is 15.3 Å². The fourth-order valence-corrected chi connectivity index (χ4v) is 2.37. The fourth-order valence-electron chi connectivity index (χ4n) is 2.37. The third-order valence-corrected chi connectivity index (χ3v) is 3.53. The minimum absolute atomic E-state index is 0.350. The number of nitrogens with zero attached hydrogens (tertiary/aromatic N) is 2. The highest BCUT2D eigenvalue weighted by atomic mass is 15.1. The molecule has 4 heteroatoms. The highest BCUT2D eigenvalue weighted by Crippen LogP contribution is 2.39. The van der Waals surface area contributed by atoms with E-state index in [1.807, 2.05) is 12.4 Å². The normalized spacial score (nSPS) is 29.3. The van der Waals surface area contributed by atoms with Crippen molar-refractivity contribution in [2.24, 2.45) is 5.73 Å². The molecule has 2 atom stereocenters. The zero-order valence-electron chi connectivity index (χ0n) is 9.39. The number of anilines is 1. The lowest BCUT2D eigenvalue weighted by atomic mass is 10.2. The molecule has 1 unspecified atom stereocenters. The molecule has 0 aliphatic heterocycles. The van der Waals surface area contributed by atoms with Gasteiger partial charge in [0, 0.05) is 24.5 Å². The molecule has 2 saturated carbocycles. The summed E-state index contributed by atoms with van der Waals surface area (Å²) in [5.41, 5.74) is 7.16. The van der Waals surface area contributed by atoms with Crippen molar-refractivity contribution in [3.8, 4) is 0 Å². The Morgan fingerprint density at radius 1 is 1.12 bits per heavy atom. The van der Waals surface area contributed by atoms with Gasteiger partial charge in [0.05, 0.1) is 0 Å². The summed E-state index contributed by atoms with van der Waals surface area (Å²) in [5.74, 6) is 1.48. The Labute approximate surface area is 95.7 Å².